The van der Waals surface area contributed by atoms with E-state index in [0.29, 0.717) is 69.9 Å². The zero-order valence-electron chi connectivity index (χ0n) is 47.5. The second kappa shape index (κ2) is 27.8. The van der Waals surface area contributed by atoms with Crippen molar-refractivity contribution in [2.45, 2.75) is 158 Å². The number of amides is 7. The van der Waals surface area contributed by atoms with Crippen LogP contribution in [0.4, 0.5) is 0 Å². The van der Waals surface area contributed by atoms with Crippen LogP contribution in [-0.4, -0.2) is 135 Å². The van der Waals surface area contributed by atoms with Crippen molar-refractivity contribution in [1.29, 1.82) is 0 Å². The lowest BCUT2D eigenvalue weighted by atomic mass is 9.92. The van der Waals surface area contributed by atoms with E-state index in [1.165, 1.54) is 0 Å². The Balaban J connectivity index is 0.849. The van der Waals surface area contributed by atoms with E-state index in [4.69, 9.17) is 0 Å². The summed E-state index contributed by atoms with van der Waals surface area (Å²) in [6.45, 7) is 4.16. The highest BCUT2D eigenvalue weighted by atomic mass is 16.2. The molecule has 4 aliphatic rings. The van der Waals surface area contributed by atoms with E-state index >= 15 is 4.79 Å². The molecule has 4 fully saturated rings. The summed E-state index contributed by atoms with van der Waals surface area (Å²) in [5, 5.41) is 30.7. The van der Waals surface area contributed by atoms with Gasteiger partial charge in [-0.1, -0.05) is 140 Å². The van der Waals surface area contributed by atoms with Crippen LogP contribution >= 0.6 is 0 Å². The van der Waals surface area contributed by atoms with Crippen molar-refractivity contribution in [3.05, 3.63) is 155 Å². The molecular weight excluding hydrogens is 1040 g/mol. The van der Waals surface area contributed by atoms with Crippen molar-refractivity contribution in [2.75, 3.05) is 20.6 Å². The fourth-order valence-electron chi connectivity index (χ4n) is 12.8. The van der Waals surface area contributed by atoms with Gasteiger partial charge in [0.2, 0.25) is 41.4 Å². The van der Waals surface area contributed by atoms with Gasteiger partial charge in [0.25, 0.3) is 0 Å². The standard InChI is InChI=1S/C63H80N12O7/c1-5-49(64-3)58(77)69-56-44(27-30-47-32-34-51(74(47)62(56)81)60(79)67-54(40-19-11-7-12-20-40)41-21-13-8-14-22-41)37-66-53(76)36-29-46-39-73(72-71-46)38-45-28-31-48-33-35-52(75(48)63(82)57(45)70-59(78)50(6-2)65-4)61(80)68-55(42-23-15-9-16-24-42)43-25-17-10-18-26-43/h7-26,39,44-45,47-52,54-57,64-65H,5-6,27-38H2,1-4H3,(H,66,76)(H,67,79)(H,68,80)(H,69,77)(H,70,78)/t44-,45-,47+,48+,49+,50+,51+,52+,56+,57+/m1/s1. The summed E-state index contributed by atoms with van der Waals surface area (Å²) in [5.74, 6) is -2.90. The smallest absolute Gasteiger partial charge is 0.246 e. The van der Waals surface area contributed by atoms with E-state index in [1.807, 2.05) is 135 Å². The molecule has 0 saturated carbocycles. The SMILES string of the molecule is CC[C@H](NC)C(=O)N[C@@H]1C(=O)N2[C@@H](CC[C@@H]1CNC(=O)CCc1cn(C[C@H]3CC[C@H]4CC[C@@H](C(=O)NC(c5ccccc5)c5ccccc5)N4C(=O)[C@H]3NC(=O)[C@H](CC)NC)nn1)CC[C@H]2C(=O)NC(c1ccccc1)c1ccccc1. The maximum atomic E-state index is 15.0. The molecule has 5 aromatic rings. The van der Waals surface area contributed by atoms with Crippen LogP contribution < -0.4 is 37.2 Å². The number of hydrogen-bond donors (Lipinski definition) is 7. The fraction of sp³-hybridized carbons (Fsp3) is 0.476. The molecule has 19 heteroatoms. The average Bonchev–Trinajstić information content (AvgIpc) is 4.23. The quantitative estimate of drug-likeness (QED) is 0.0476. The molecule has 19 nitrogen and oxygen atoms in total. The predicted molar refractivity (Wildman–Crippen MR) is 310 cm³/mol. The lowest BCUT2D eigenvalue weighted by molar-refractivity contribution is -0.144. The minimum absolute atomic E-state index is 0.0631. The van der Waals surface area contributed by atoms with E-state index in [0.717, 1.165) is 22.3 Å². The molecule has 10 atom stereocenters. The molecule has 7 amide bonds. The largest absolute Gasteiger partial charge is 0.356 e. The summed E-state index contributed by atoms with van der Waals surface area (Å²) >= 11 is 0. The molecule has 82 heavy (non-hydrogen) atoms. The topological polar surface area (TPSA) is 241 Å². The van der Waals surface area contributed by atoms with Gasteiger partial charge in [-0.2, -0.15) is 0 Å². The summed E-state index contributed by atoms with van der Waals surface area (Å²) < 4.78 is 1.66. The van der Waals surface area contributed by atoms with Gasteiger partial charge in [0, 0.05) is 56.0 Å². The number of fused-ring (bicyclic) bond motifs is 2. The number of benzene rings is 4. The maximum absolute atomic E-state index is 15.0. The van der Waals surface area contributed by atoms with E-state index in [-0.39, 0.29) is 79.4 Å². The van der Waals surface area contributed by atoms with Crippen LogP contribution in [0, 0.1) is 11.8 Å². The molecule has 4 aliphatic heterocycles. The monoisotopic (exact) mass is 1120 g/mol. The number of carbonyl (C=O) groups is 7. The number of likely N-dealkylation sites (N-methyl/N-ethyl adjacent to an activating group) is 2. The molecule has 5 heterocycles. The van der Waals surface area contributed by atoms with Gasteiger partial charge in [0.1, 0.15) is 24.2 Å². The molecule has 9 rings (SSSR count). The summed E-state index contributed by atoms with van der Waals surface area (Å²) in [6, 6.07) is 33.2. The van der Waals surface area contributed by atoms with Crippen molar-refractivity contribution >= 4 is 41.4 Å². The van der Waals surface area contributed by atoms with Gasteiger partial charge in [-0.05, 0) is 101 Å². The van der Waals surface area contributed by atoms with Crippen molar-refractivity contribution in [1.82, 2.24) is 62.0 Å². The zero-order chi connectivity index (χ0) is 57.7. The van der Waals surface area contributed by atoms with Crippen LogP contribution in [0.25, 0.3) is 0 Å². The lowest BCUT2D eigenvalue weighted by Gasteiger charge is -2.33. The molecule has 7 N–H and O–H groups in total. The third-order valence-electron chi connectivity index (χ3n) is 17.4. The van der Waals surface area contributed by atoms with Crippen molar-refractivity contribution in [3.8, 4) is 0 Å². The summed E-state index contributed by atoms with van der Waals surface area (Å²) in [4.78, 5) is 103. The Kier molecular flexibility index (Phi) is 20.0. The number of carbonyl (C=O) groups excluding carboxylic acids is 7. The Morgan fingerprint density at radius 3 is 1.37 bits per heavy atom. The number of aryl methyl sites for hydroxylation is 1. The molecule has 0 aliphatic carbocycles. The highest BCUT2D eigenvalue weighted by Gasteiger charge is 2.50. The van der Waals surface area contributed by atoms with Gasteiger partial charge >= 0.3 is 0 Å². The van der Waals surface area contributed by atoms with Crippen molar-refractivity contribution in [3.63, 3.8) is 0 Å². The van der Waals surface area contributed by atoms with E-state index in [2.05, 4.69) is 47.5 Å². The number of nitrogens with zero attached hydrogens (tertiary/aromatic N) is 5. The van der Waals surface area contributed by atoms with Gasteiger partial charge in [-0.25, -0.2) is 0 Å². The predicted octanol–water partition coefficient (Wildman–Crippen LogP) is 4.64. The van der Waals surface area contributed by atoms with Gasteiger partial charge < -0.3 is 47.0 Å². The zero-order valence-corrected chi connectivity index (χ0v) is 47.5. The lowest BCUT2D eigenvalue weighted by Crippen LogP contribution is -2.59. The third kappa shape index (κ3) is 13.8. The Bertz CT molecular complexity index is 2880. The number of aromatic nitrogens is 3. The number of rotatable bonds is 23. The molecule has 0 bridgehead atoms. The summed E-state index contributed by atoms with van der Waals surface area (Å²) in [5.41, 5.74) is 4.22. The molecule has 434 valence electrons. The van der Waals surface area contributed by atoms with Crippen LogP contribution in [-0.2, 0) is 46.5 Å². The number of nitrogens with one attached hydrogen (secondary N) is 7. The first-order chi connectivity index (χ1) is 39.9. The summed E-state index contributed by atoms with van der Waals surface area (Å²) in [7, 11) is 3.41. The second-order valence-electron chi connectivity index (χ2n) is 22.4. The first-order valence-corrected chi connectivity index (χ1v) is 29.4. The Morgan fingerprint density at radius 1 is 0.549 bits per heavy atom. The fourth-order valence-corrected chi connectivity index (χ4v) is 12.8. The Morgan fingerprint density at radius 2 is 0.951 bits per heavy atom. The second-order valence-corrected chi connectivity index (χ2v) is 22.4. The normalized spacial score (nSPS) is 23.2. The number of hydrogen-bond acceptors (Lipinski definition) is 11. The Labute approximate surface area is 480 Å². The maximum Gasteiger partial charge on any atom is 0.246 e. The van der Waals surface area contributed by atoms with Gasteiger partial charge in [-0.3, -0.25) is 38.2 Å². The molecule has 0 unspecified atom stereocenters. The first kappa shape index (κ1) is 58.9. The molecule has 1 aromatic heterocycles. The van der Waals surface area contributed by atoms with Crippen LogP contribution in [0.15, 0.2) is 128 Å². The third-order valence-corrected chi connectivity index (χ3v) is 17.4. The minimum Gasteiger partial charge on any atom is -0.356 e. The average molecular weight is 1120 g/mol. The molecule has 4 aromatic carbocycles. The van der Waals surface area contributed by atoms with Crippen LogP contribution in [0.1, 0.15) is 125 Å². The van der Waals surface area contributed by atoms with Crippen molar-refractivity contribution < 1.29 is 33.6 Å². The van der Waals surface area contributed by atoms with Crippen LogP contribution in [0.3, 0.4) is 0 Å². The van der Waals surface area contributed by atoms with E-state index < -0.39 is 60.2 Å². The minimum atomic E-state index is -0.992. The highest BCUT2D eigenvalue weighted by Crippen LogP contribution is 2.37. The molecule has 0 radical (unpaired) electrons. The van der Waals surface area contributed by atoms with Gasteiger partial charge in [-0.15, -0.1) is 5.10 Å². The van der Waals surface area contributed by atoms with E-state index in [1.54, 1.807) is 34.8 Å². The molecule has 0 spiro atoms. The van der Waals surface area contributed by atoms with Gasteiger partial charge in [0.15, 0.2) is 0 Å². The van der Waals surface area contributed by atoms with E-state index in [9.17, 15) is 28.8 Å². The Hall–Kier alpha value is -7.77. The van der Waals surface area contributed by atoms with Crippen LogP contribution in [0.5, 0.6) is 0 Å². The first-order valence-electron chi connectivity index (χ1n) is 29.4. The molecule has 4 saturated heterocycles. The van der Waals surface area contributed by atoms with Crippen LogP contribution in [0.2, 0.25) is 0 Å². The van der Waals surface area contributed by atoms with Crippen molar-refractivity contribution in [2.24, 2.45) is 11.8 Å². The molecular formula is C63H80N12O7. The summed E-state index contributed by atoms with van der Waals surface area (Å²) in [6.07, 6.45) is 7.65. The highest BCUT2D eigenvalue weighted by molar-refractivity contribution is 5.95. The van der Waals surface area contributed by atoms with Gasteiger partial charge in [0.05, 0.1) is 29.9 Å².